The van der Waals surface area contributed by atoms with Crippen molar-refractivity contribution in [3.63, 3.8) is 0 Å². The number of pyridine rings is 1. The van der Waals surface area contributed by atoms with Crippen molar-refractivity contribution >= 4 is 34.7 Å². The summed E-state index contributed by atoms with van der Waals surface area (Å²) in [7, 11) is 3.36. The monoisotopic (exact) mass is 453 g/mol. The molecule has 0 radical (unpaired) electrons. The summed E-state index contributed by atoms with van der Waals surface area (Å²) in [6.07, 6.45) is 3.11. The van der Waals surface area contributed by atoms with Crippen molar-refractivity contribution in [2.24, 2.45) is 16.6 Å². The number of carbonyl (C=O) groups excluding carboxylic acids is 1. The minimum absolute atomic E-state index is 0.0692. The number of fused-ring (bicyclic) bond motifs is 1. The van der Waals surface area contributed by atoms with Gasteiger partial charge in [-0.25, -0.2) is 8.78 Å². The number of aliphatic imine (C=N–C) groups is 1. The van der Waals surface area contributed by atoms with Crippen molar-refractivity contribution in [2.75, 3.05) is 14.1 Å². The van der Waals surface area contributed by atoms with E-state index in [0.717, 1.165) is 0 Å². The molecule has 0 bridgehead atoms. The quantitative estimate of drug-likeness (QED) is 0.759. The molecule has 1 saturated carbocycles. The van der Waals surface area contributed by atoms with Crippen LogP contribution in [0.25, 0.3) is 11.9 Å². The van der Waals surface area contributed by atoms with Crippen LogP contribution in [0.5, 0.6) is 0 Å². The second kappa shape index (κ2) is 8.02. The number of rotatable bonds is 4. The molecule has 2 heterocycles. The summed E-state index contributed by atoms with van der Waals surface area (Å²) in [6.45, 7) is 1.66. The zero-order valence-corrected chi connectivity index (χ0v) is 18.6. The molecule has 1 aromatic heterocycles. The number of aromatic nitrogens is 1. The van der Waals surface area contributed by atoms with Crippen LogP contribution in [0.3, 0.4) is 0 Å². The average Bonchev–Trinajstić information content (AvgIpc) is 3.49. The summed E-state index contributed by atoms with van der Waals surface area (Å²) >= 11 is 1.23. The molecular formula is C23H21F2N5OS. The van der Waals surface area contributed by atoms with Crippen LogP contribution >= 0.6 is 11.8 Å². The van der Waals surface area contributed by atoms with E-state index in [1.807, 2.05) is 6.07 Å². The Balaban J connectivity index is 1.68. The van der Waals surface area contributed by atoms with Gasteiger partial charge < -0.3 is 10.6 Å². The van der Waals surface area contributed by atoms with Gasteiger partial charge >= 0.3 is 0 Å². The topological polar surface area (TPSA) is 95.4 Å². The number of halogens is 2. The third-order valence-electron chi connectivity index (χ3n) is 5.73. The van der Waals surface area contributed by atoms with Crippen LogP contribution in [-0.4, -0.2) is 39.8 Å². The van der Waals surface area contributed by atoms with Crippen LogP contribution in [0.4, 0.5) is 8.78 Å². The second-order valence-corrected chi connectivity index (χ2v) is 9.54. The van der Waals surface area contributed by atoms with Crippen molar-refractivity contribution in [1.82, 2.24) is 9.88 Å². The largest absolute Gasteiger partial charge is 0.378 e. The maximum absolute atomic E-state index is 14.9. The second-order valence-electron chi connectivity index (χ2n) is 8.19. The first kappa shape index (κ1) is 22.0. The molecule has 0 spiro atoms. The summed E-state index contributed by atoms with van der Waals surface area (Å²) < 4.78 is 29.0. The van der Waals surface area contributed by atoms with Gasteiger partial charge in [-0.2, -0.15) is 5.26 Å². The summed E-state index contributed by atoms with van der Waals surface area (Å²) in [5, 5.41) is 9.19. The van der Waals surface area contributed by atoms with E-state index in [0.29, 0.717) is 23.1 Å². The fourth-order valence-corrected chi connectivity index (χ4v) is 5.48. The van der Waals surface area contributed by atoms with Gasteiger partial charge in [-0.15, -0.1) is 0 Å². The van der Waals surface area contributed by atoms with Crippen molar-refractivity contribution in [3.05, 3.63) is 64.2 Å². The number of hydrogen-bond acceptors (Lipinski definition) is 6. The van der Waals surface area contributed by atoms with Gasteiger partial charge in [-0.1, -0.05) is 17.8 Å². The highest BCUT2D eigenvalue weighted by molar-refractivity contribution is 8.15. The number of amides is 1. The van der Waals surface area contributed by atoms with Crippen LogP contribution in [0.1, 0.15) is 40.4 Å². The predicted molar refractivity (Wildman–Crippen MR) is 121 cm³/mol. The van der Waals surface area contributed by atoms with Crippen LogP contribution in [0, 0.1) is 30.0 Å². The Morgan fingerprint density at radius 1 is 1.41 bits per heavy atom. The smallest absolute Gasteiger partial charge is 0.239 e. The van der Waals surface area contributed by atoms with Crippen molar-refractivity contribution in [1.29, 1.82) is 5.26 Å². The summed E-state index contributed by atoms with van der Waals surface area (Å²) in [4.78, 5) is 22.7. The van der Waals surface area contributed by atoms with E-state index in [2.05, 4.69) is 9.98 Å². The zero-order chi connectivity index (χ0) is 23.2. The minimum atomic E-state index is -0.729. The lowest BCUT2D eigenvalue weighted by molar-refractivity contribution is -0.129. The number of amidine groups is 1. The van der Waals surface area contributed by atoms with E-state index < -0.39 is 22.4 Å². The molecule has 0 unspecified atom stereocenters. The van der Waals surface area contributed by atoms with Crippen LogP contribution in [0.2, 0.25) is 0 Å². The number of hydrogen-bond donors (Lipinski definition) is 1. The predicted octanol–water partition coefficient (Wildman–Crippen LogP) is 3.82. The molecule has 2 N–H and O–H groups in total. The SMILES string of the molecule is Cc1cc(C#N)cnc1/C(F)=C/c1ccc(F)c([C@H]2N=C(N)S[C@@]3(C(=O)N(C)C)C[C@@H]23)c1. The Hall–Kier alpha value is -3.25. The van der Waals surface area contributed by atoms with Gasteiger partial charge in [0.2, 0.25) is 5.91 Å². The van der Waals surface area contributed by atoms with Crippen LogP contribution in [0.15, 0.2) is 35.5 Å². The Labute approximate surface area is 188 Å². The molecule has 1 amide bonds. The molecule has 1 aliphatic carbocycles. The van der Waals surface area contributed by atoms with Gasteiger partial charge in [0.25, 0.3) is 0 Å². The molecule has 0 saturated heterocycles. The Morgan fingerprint density at radius 2 is 2.16 bits per heavy atom. The lowest BCUT2D eigenvalue weighted by Gasteiger charge is -2.27. The minimum Gasteiger partial charge on any atom is -0.378 e. The molecular weight excluding hydrogens is 432 g/mol. The number of nitrogens with zero attached hydrogens (tertiary/aromatic N) is 4. The highest BCUT2D eigenvalue weighted by atomic mass is 32.2. The molecule has 164 valence electrons. The molecule has 2 aromatic rings. The molecule has 1 fully saturated rings. The number of benzene rings is 1. The first-order valence-corrected chi connectivity index (χ1v) is 10.8. The number of nitrogens with two attached hydrogens (primary N) is 1. The van der Waals surface area contributed by atoms with Gasteiger partial charge in [-0.05, 0) is 48.7 Å². The van der Waals surface area contributed by atoms with Crippen molar-refractivity contribution in [3.8, 4) is 6.07 Å². The first-order chi connectivity index (χ1) is 15.2. The zero-order valence-electron chi connectivity index (χ0n) is 17.8. The Morgan fingerprint density at radius 3 is 2.81 bits per heavy atom. The third kappa shape index (κ3) is 3.75. The van der Waals surface area contributed by atoms with E-state index in [1.54, 1.807) is 27.1 Å². The third-order valence-corrected chi connectivity index (χ3v) is 7.05. The van der Waals surface area contributed by atoms with Crippen LogP contribution < -0.4 is 5.73 Å². The number of thioether (sulfide) groups is 1. The van der Waals surface area contributed by atoms with Gasteiger partial charge in [0.1, 0.15) is 28.2 Å². The average molecular weight is 454 g/mol. The van der Waals surface area contributed by atoms with Gasteiger partial charge in [0, 0.05) is 31.8 Å². The summed E-state index contributed by atoms with van der Waals surface area (Å²) in [6, 6.07) is 7.16. The summed E-state index contributed by atoms with van der Waals surface area (Å²) in [5.41, 5.74) is 7.69. The van der Waals surface area contributed by atoms with Crippen molar-refractivity contribution < 1.29 is 13.6 Å². The van der Waals surface area contributed by atoms with Crippen LogP contribution in [-0.2, 0) is 4.79 Å². The molecule has 32 heavy (non-hydrogen) atoms. The maximum atomic E-state index is 14.9. The lowest BCUT2D eigenvalue weighted by atomic mass is 9.97. The fourth-order valence-electron chi connectivity index (χ4n) is 4.13. The van der Waals surface area contributed by atoms with Gasteiger partial charge in [0.15, 0.2) is 5.17 Å². The molecule has 3 atom stereocenters. The van der Waals surface area contributed by atoms with Gasteiger partial charge in [0.05, 0.1) is 11.6 Å². The molecule has 1 aromatic carbocycles. The molecule has 2 aliphatic rings. The summed E-state index contributed by atoms with van der Waals surface area (Å²) in [5.74, 6) is -1.34. The van der Waals surface area contributed by atoms with E-state index >= 15 is 0 Å². The molecule has 4 rings (SSSR count). The lowest BCUT2D eigenvalue weighted by Crippen LogP contribution is -2.39. The Kier molecular flexibility index (Phi) is 5.51. The van der Waals surface area contributed by atoms with E-state index in [-0.39, 0.29) is 28.3 Å². The number of carbonyl (C=O) groups is 1. The molecule has 6 nitrogen and oxygen atoms in total. The standard InChI is InChI=1S/C23H21F2N5OS/c1-12-6-14(10-26)11-28-19(12)18(25)8-13-4-5-17(24)15(7-13)20-16-9-23(16,21(31)30(2)3)32-22(27)29-20/h4-8,11,16,20H,9H2,1-3H3,(H2,27,29)/b18-8-/t16-,20+,23-/m0/s1. The van der Waals surface area contributed by atoms with E-state index in [9.17, 15) is 13.6 Å². The van der Waals surface area contributed by atoms with E-state index in [4.69, 9.17) is 11.0 Å². The van der Waals surface area contributed by atoms with E-state index in [1.165, 1.54) is 47.1 Å². The maximum Gasteiger partial charge on any atom is 0.239 e. The van der Waals surface area contributed by atoms with Crippen molar-refractivity contribution in [2.45, 2.75) is 24.1 Å². The first-order valence-electron chi connectivity index (χ1n) is 9.94. The highest BCUT2D eigenvalue weighted by Crippen LogP contribution is 2.64. The normalized spacial score (nSPS) is 24.2. The highest BCUT2D eigenvalue weighted by Gasteiger charge is 2.67. The Bertz CT molecular complexity index is 1220. The number of aryl methyl sites for hydroxylation is 1. The number of nitriles is 1. The molecule has 9 heteroatoms. The molecule has 1 aliphatic heterocycles. The fraction of sp³-hybridized carbons (Fsp3) is 0.304. The van der Waals surface area contributed by atoms with Gasteiger partial charge in [-0.3, -0.25) is 14.8 Å².